The van der Waals surface area contributed by atoms with Crippen LogP contribution in [0.25, 0.3) is 0 Å². The van der Waals surface area contributed by atoms with E-state index in [-0.39, 0.29) is 12.4 Å². The Labute approximate surface area is 71.5 Å². The molecule has 0 aromatic heterocycles. The smallest absolute Gasteiger partial charge is 0.0485 e. The van der Waals surface area contributed by atoms with Crippen LogP contribution >= 0.6 is 12.4 Å². The van der Waals surface area contributed by atoms with Crippen molar-refractivity contribution in [3.8, 4) is 0 Å². The molecule has 6 N–H and O–H groups in total. The van der Waals surface area contributed by atoms with Crippen LogP contribution in [0.2, 0.25) is 0 Å². The maximum absolute atomic E-state index is 6.50. The van der Waals surface area contributed by atoms with Crippen molar-refractivity contribution < 1.29 is 5.21 Å². The van der Waals surface area contributed by atoms with Crippen molar-refractivity contribution in [3.63, 3.8) is 0 Å². The third-order valence-electron chi connectivity index (χ3n) is 0.940. The summed E-state index contributed by atoms with van der Waals surface area (Å²) in [5, 5.41) is 6.50. The van der Waals surface area contributed by atoms with Gasteiger partial charge in [-0.15, -0.1) is 12.4 Å². The van der Waals surface area contributed by atoms with Gasteiger partial charge in [-0.1, -0.05) is 18.2 Å². The fraction of sp³-hybridized carbons (Fsp3) is 0. The molecule has 0 spiro atoms. The zero-order chi connectivity index (χ0) is 7.82. The number of nitrogens with one attached hydrogen (secondary N) is 1. The van der Waals surface area contributed by atoms with Gasteiger partial charge in [0.1, 0.15) is 0 Å². The molecule has 0 heterocycles. The van der Waals surface area contributed by atoms with Gasteiger partial charge in [-0.05, 0) is 12.1 Å². The summed E-state index contributed by atoms with van der Waals surface area (Å²) >= 11 is 0. The van der Waals surface area contributed by atoms with Gasteiger partial charge in [0.25, 0.3) is 0 Å². The minimum absolute atomic E-state index is 0. The summed E-state index contributed by atoms with van der Waals surface area (Å²) in [5.41, 5.74) is 3.46. The zero-order valence-corrected chi connectivity index (χ0v) is 6.71. The van der Waals surface area contributed by atoms with Crippen molar-refractivity contribution in [2.24, 2.45) is 11.7 Å². The number of nitrogens with two attached hydrogens (primary N) is 2. The lowest BCUT2D eigenvalue weighted by Crippen LogP contribution is -2.05. The van der Waals surface area contributed by atoms with Crippen LogP contribution in [0, 0.1) is 0 Å². The van der Waals surface area contributed by atoms with Gasteiger partial charge in [0.05, 0.1) is 0 Å². The SMILES string of the molecule is Cl.NNc1ccccc1.NO. The van der Waals surface area contributed by atoms with Gasteiger partial charge in [-0.25, -0.2) is 5.90 Å². The van der Waals surface area contributed by atoms with Gasteiger partial charge in [-0.2, -0.15) is 0 Å². The van der Waals surface area contributed by atoms with Gasteiger partial charge in [0.2, 0.25) is 0 Å². The maximum atomic E-state index is 6.50. The molecule has 0 aliphatic rings. The highest BCUT2D eigenvalue weighted by molar-refractivity contribution is 5.85. The van der Waals surface area contributed by atoms with E-state index in [4.69, 9.17) is 11.0 Å². The molecule has 0 saturated heterocycles. The highest BCUT2D eigenvalue weighted by Crippen LogP contribution is 2.00. The van der Waals surface area contributed by atoms with Crippen molar-refractivity contribution in [2.45, 2.75) is 0 Å². The Morgan fingerprint density at radius 1 is 1.09 bits per heavy atom. The second-order valence-electron chi connectivity index (χ2n) is 1.51. The molecule has 1 aromatic rings. The molecule has 11 heavy (non-hydrogen) atoms. The van der Waals surface area contributed by atoms with Crippen LogP contribution in [0.15, 0.2) is 30.3 Å². The summed E-state index contributed by atoms with van der Waals surface area (Å²) < 4.78 is 0. The number of anilines is 1. The van der Waals surface area contributed by atoms with E-state index in [2.05, 4.69) is 11.3 Å². The molecular formula is C6H12ClN3O. The summed E-state index contributed by atoms with van der Waals surface area (Å²) in [5.74, 6) is 8.60. The van der Waals surface area contributed by atoms with Crippen molar-refractivity contribution in [1.82, 2.24) is 0 Å². The first-order valence-electron chi connectivity index (χ1n) is 2.71. The Kier molecular flexibility index (Phi) is 10.7. The molecule has 0 fully saturated rings. The van der Waals surface area contributed by atoms with E-state index in [1.165, 1.54) is 0 Å². The molecule has 0 atom stereocenters. The van der Waals surface area contributed by atoms with Crippen LogP contribution in [0.3, 0.4) is 0 Å². The van der Waals surface area contributed by atoms with E-state index in [0.29, 0.717) is 0 Å². The van der Waals surface area contributed by atoms with Crippen LogP contribution in [0.4, 0.5) is 5.69 Å². The quantitative estimate of drug-likeness (QED) is 0.377. The summed E-state index contributed by atoms with van der Waals surface area (Å²) in [6.45, 7) is 0. The lowest BCUT2D eigenvalue weighted by Gasteiger charge is -1.94. The average Bonchev–Trinajstić information content (AvgIpc) is 2.10. The van der Waals surface area contributed by atoms with Gasteiger partial charge in [0.15, 0.2) is 0 Å². The van der Waals surface area contributed by atoms with Crippen molar-refractivity contribution >= 4 is 18.1 Å². The molecule has 1 rings (SSSR count). The Bertz CT molecular complexity index is 159. The lowest BCUT2D eigenvalue weighted by atomic mass is 10.3. The van der Waals surface area contributed by atoms with Gasteiger partial charge < -0.3 is 10.6 Å². The van der Waals surface area contributed by atoms with Gasteiger partial charge >= 0.3 is 0 Å². The highest BCUT2D eigenvalue weighted by Gasteiger charge is 1.78. The molecule has 4 nitrogen and oxygen atoms in total. The van der Waals surface area contributed by atoms with Crippen LogP contribution in [0.5, 0.6) is 0 Å². The summed E-state index contributed by atoms with van der Waals surface area (Å²) in [7, 11) is 0. The van der Waals surface area contributed by atoms with Crippen molar-refractivity contribution in [3.05, 3.63) is 30.3 Å². The third kappa shape index (κ3) is 5.63. The highest BCUT2D eigenvalue weighted by atomic mass is 35.5. The maximum Gasteiger partial charge on any atom is 0.0485 e. The number of para-hydroxylation sites is 1. The summed E-state index contributed by atoms with van der Waals surface area (Å²) in [4.78, 5) is 0. The third-order valence-corrected chi connectivity index (χ3v) is 0.940. The number of hydrogen-bond donors (Lipinski definition) is 4. The Hall–Kier alpha value is -0.810. The predicted molar refractivity (Wildman–Crippen MR) is 47.5 cm³/mol. The zero-order valence-electron chi connectivity index (χ0n) is 5.90. The molecule has 64 valence electrons. The Morgan fingerprint density at radius 3 is 1.82 bits per heavy atom. The van der Waals surface area contributed by atoms with Crippen LogP contribution < -0.4 is 17.2 Å². The number of nitrogen functional groups attached to an aromatic ring is 1. The number of halogens is 1. The molecule has 0 bridgehead atoms. The second kappa shape index (κ2) is 9.19. The number of benzene rings is 1. The topological polar surface area (TPSA) is 84.3 Å². The minimum atomic E-state index is 0. The van der Waals surface area contributed by atoms with E-state index < -0.39 is 0 Å². The lowest BCUT2D eigenvalue weighted by molar-refractivity contribution is 0.311. The summed E-state index contributed by atoms with van der Waals surface area (Å²) in [6, 6.07) is 9.60. The van der Waals surface area contributed by atoms with E-state index in [9.17, 15) is 0 Å². The molecule has 0 unspecified atom stereocenters. The molecule has 0 aliphatic carbocycles. The second-order valence-corrected chi connectivity index (χ2v) is 1.51. The van der Waals surface area contributed by atoms with Crippen molar-refractivity contribution in [1.29, 1.82) is 0 Å². The molecule has 0 amide bonds. The normalized spacial score (nSPS) is 6.82. The molecule has 1 aromatic carbocycles. The number of hydrogen-bond acceptors (Lipinski definition) is 4. The van der Waals surface area contributed by atoms with Crippen LogP contribution in [0.1, 0.15) is 0 Å². The van der Waals surface area contributed by atoms with Gasteiger partial charge in [-0.3, -0.25) is 5.84 Å². The largest absolute Gasteiger partial charge is 0.324 e. The first kappa shape index (κ1) is 12.8. The predicted octanol–water partition coefficient (Wildman–Crippen LogP) is 0.728. The number of rotatable bonds is 1. The minimum Gasteiger partial charge on any atom is -0.324 e. The van der Waals surface area contributed by atoms with Crippen LogP contribution in [-0.4, -0.2) is 5.21 Å². The van der Waals surface area contributed by atoms with Crippen LogP contribution in [-0.2, 0) is 0 Å². The van der Waals surface area contributed by atoms with E-state index in [1.54, 1.807) is 0 Å². The van der Waals surface area contributed by atoms with E-state index in [1.807, 2.05) is 30.3 Å². The van der Waals surface area contributed by atoms with Gasteiger partial charge in [0, 0.05) is 5.69 Å². The molecular weight excluding hydrogens is 166 g/mol. The monoisotopic (exact) mass is 177 g/mol. The molecule has 0 aliphatic heterocycles. The van der Waals surface area contributed by atoms with E-state index >= 15 is 0 Å². The molecule has 0 saturated carbocycles. The Balaban J connectivity index is 0. The fourth-order valence-electron chi connectivity index (χ4n) is 0.534. The Morgan fingerprint density at radius 2 is 1.55 bits per heavy atom. The molecule has 0 radical (unpaired) electrons. The standard InChI is InChI=1S/C6H8N2.ClH.H3NO/c7-8-6-4-2-1-3-5-6;;1-2/h1-5,8H,7H2;1H;2H,1H2. The first-order chi connectivity index (χ1) is 4.93. The number of hydrazine groups is 1. The molecule has 5 heteroatoms. The first-order valence-corrected chi connectivity index (χ1v) is 2.71. The average molecular weight is 178 g/mol. The van der Waals surface area contributed by atoms with E-state index in [0.717, 1.165) is 5.69 Å². The van der Waals surface area contributed by atoms with Crippen molar-refractivity contribution in [2.75, 3.05) is 5.43 Å². The fourth-order valence-corrected chi connectivity index (χ4v) is 0.534. The summed E-state index contributed by atoms with van der Waals surface area (Å²) in [6.07, 6.45) is 0.